The van der Waals surface area contributed by atoms with E-state index in [0.29, 0.717) is 11.3 Å². The van der Waals surface area contributed by atoms with Crippen LogP contribution in [0, 0.1) is 6.92 Å². The molecule has 2 aromatic rings. The topological polar surface area (TPSA) is 46.5 Å². The highest BCUT2D eigenvalue weighted by Gasteiger charge is 2.07. The minimum absolute atomic E-state index is 0.122. The van der Waals surface area contributed by atoms with Gasteiger partial charge in [-0.2, -0.15) is 0 Å². The molecule has 3 heteroatoms. The molecule has 0 saturated heterocycles. The summed E-state index contributed by atoms with van der Waals surface area (Å²) in [4.78, 5) is 11.7. The van der Waals surface area contributed by atoms with E-state index in [1.807, 2.05) is 19.1 Å². The maximum Gasteiger partial charge on any atom is 0.343 e. The molecule has 0 aliphatic carbocycles. The van der Waals surface area contributed by atoms with Gasteiger partial charge in [0.15, 0.2) is 0 Å². The number of phenolic OH excluding ortho intramolecular Hbond substituents is 1. The van der Waals surface area contributed by atoms with Crippen molar-refractivity contribution in [1.29, 1.82) is 0 Å². The van der Waals surface area contributed by atoms with Crippen LogP contribution in [0.5, 0.6) is 11.5 Å². The van der Waals surface area contributed by atoms with Crippen LogP contribution in [-0.2, 0) is 0 Å². The summed E-state index contributed by atoms with van der Waals surface area (Å²) in [6, 6.07) is 13.2. The fourth-order valence-corrected chi connectivity index (χ4v) is 1.37. The van der Waals surface area contributed by atoms with E-state index in [1.165, 1.54) is 24.3 Å². The van der Waals surface area contributed by atoms with Gasteiger partial charge in [0, 0.05) is 0 Å². The number of hydrogen-bond donors (Lipinski definition) is 1. The first-order chi connectivity index (χ1) is 8.15. The van der Waals surface area contributed by atoms with Crippen molar-refractivity contribution in [2.45, 2.75) is 6.92 Å². The van der Waals surface area contributed by atoms with E-state index in [0.717, 1.165) is 5.56 Å². The molecule has 2 aromatic carbocycles. The van der Waals surface area contributed by atoms with Gasteiger partial charge >= 0.3 is 5.97 Å². The molecule has 2 rings (SSSR count). The number of aryl methyl sites for hydroxylation is 1. The Hall–Kier alpha value is -2.29. The number of carbonyl (C=O) groups excluding carboxylic acids is 1. The molecule has 0 saturated carbocycles. The summed E-state index contributed by atoms with van der Waals surface area (Å²) >= 11 is 0. The number of aromatic hydroxyl groups is 1. The lowest BCUT2D eigenvalue weighted by atomic mass is 10.2. The number of rotatable bonds is 2. The first-order valence-electron chi connectivity index (χ1n) is 5.23. The van der Waals surface area contributed by atoms with Crippen molar-refractivity contribution in [1.82, 2.24) is 0 Å². The largest absolute Gasteiger partial charge is 0.508 e. The Morgan fingerprint density at radius 1 is 1.00 bits per heavy atom. The monoisotopic (exact) mass is 228 g/mol. The van der Waals surface area contributed by atoms with E-state index < -0.39 is 5.97 Å². The Balaban J connectivity index is 2.11. The smallest absolute Gasteiger partial charge is 0.343 e. The van der Waals surface area contributed by atoms with Gasteiger partial charge in [0.25, 0.3) is 0 Å². The number of hydrogen-bond acceptors (Lipinski definition) is 3. The van der Waals surface area contributed by atoms with E-state index in [9.17, 15) is 4.79 Å². The summed E-state index contributed by atoms with van der Waals surface area (Å²) in [5.41, 5.74) is 1.51. The standard InChI is InChI=1S/C14H12O3/c1-10-2-8-13(9-3-10)17-14(16)11-4-6-12(15)7-5-11/h2-9,15H,1H3. The van der Waals surface area contributed by atoms with Gasteiger partial charge in [-0.15, -0.1) is 0 Å². The maximum absolute atomic E-state index is 11.7. The van der Waals surface area contributed by atoms with Crippen molar-refractivity contribution in [2.24, 2.45) is 0 Å². The highest BCUT2D eigenvalue weighted by Crippen LogP contribution is 2.15. The number of ether oxygens (including phenoxy) is 1. The molecule has 0 radical (unpaired) electrons. The van der Waals surface area contributed by atoms with Gasteiger partial charge in [-0.1, -0.05) is 17.7 Å². The summed E-state index contributed by atoms with van der Waals surface area (Å²) in [5.74, 6) is 0.194. The maximum atomic E-state index is 11.7. The Morgan fingerprint density at radius 3 is 2.18 bits per heavy atom. The first kappa shape index (κ1) is 11.2. The molecule has 0 atom stereocenters. The summed E-state index contributed by atoms with van der Waals surface area (Å²) < 4.78 is 5.17. The molecule has 1 N–H and O–H groups in total. The molecule has 0 unspecified atom stereocenters. The Morgan fingerprint density at radius 2 is 1.59 bits per heavy atom. The summed E-state index contributed by atoms with van der Waals surface area (Å²) in [7, 11) is 0. The predicted octanol–water partition coefficient (Wildman–Crippen LogP) is 2.92. The quantitative estimate of drug-likeness (QED) is 0.635. The Bertz CT molecular complexity index is 512. The van der Waals surface area contributed by atoms with Crippen LogP contribution in [-0.4, -0.2) is 11.1 Å². The van der Waals surface area contributed by atoms with Crippen LogP contribution < -0.4 is 4.74 Å². The first-order valence-corrected chi connectivity index (χ1v) is 5.23. The fraction of sp³-hybridized carbons (Fsp3) is 0.0714. The summed E-state index contributed by atoms with van der Waals surface area (Å²) in [5, 5.41) is 9.11. The summed E-state index contributed by atoms with van der Waals surface area (Å²) in [6.07, 6.45) is 0. The summed E-state index contributed by atoms with van der Waals surface area (Å²) in [6.45, 7) is 1.96. The van der Waals surface area contributed by atoms with Gasteiger partial charge in [-0.25, -0.2) is 4.79 Å². The SMILES string of the molecule is Cc1ccc(OC(=O)c2ccc(O)cc2)cc1. The van der Waals surface area contributed by atoms with E-state index in [1.54, 1.807) is 12.1 Å². The third kappa shape index (κ3) is 2.84. The number of benzene rings is 2. The van der Waals surface area contributed by atoms with Crippen LogP contribution >= 0.6 is 0 Å². The van der Waals surface area contributed by atoms with Crippen LogP contribution in [0.25, 0.3) is 0 Å². The number of carbonyl (C=O) groups is 1. The van der Waals surface area contributed by atoms with Gasteiger partial charge in [-0.3, -0.25) is 0 Å². The van der Waals surface area contributed by atoms with E-state index in [4.69, 9.17) is 9.84 Å². The van der Waals surface area contributed by atoms with Crippen molar-refractivity contribution in [3.8, 4) is 11.5 Å². The molecule has 0 aliphatic heterocycles. The minimum atomic E-state index is -0.436. The molecular formula is C14H12O3. The molecule has 0 amide bonds. The zero-order valence-electron chi connectivity index (χ0n) is 9.38. The lowest BCUT2D eigenvalue weighted by Gasteiger charge is -2.04. The average Bonchev–Trinajstić information content (AvgIpc) is 2.33. The third-order valence-corrected chi connectivity index (χ3v) is 2.33. The Labute approximate surface area is 99.3 Å². The normalized spacial score (nSPS) is 9.94. The molecule has 86 valence electrons. The molecule has 3 nitrogen and oxygen atoms in total. The van der Waals surface area contributed by atoms with E-state index >= 15 is 0 Å². The van der Waals surface area contributed by atoms with Crippen LogP contribution in [0.4, 0.5) is 0 Å². The van der Waals surface area contributed by atoms with Crippen LogP contribution in [0.1, 0.15) is 15.9 Å². The lowest BCUT2D eigenvalue weighted by molar-refractivity contribution is 0.0734. The predicted molar refractivity (Wildman–Crippen MR) is 64.2 cm³/mol. The molecule has 0 fully saturated rings. The highest BCUT2D eigenvalue weighted by molar-refractivity contribution is 5.91. The molecule has 0 spiro atoms. The van der Waals surface area contributed by atoms with Crippen LogP contribution in [0.15, 0.2) is 48.5 Å². The second kappa shape index (κ2) is 4.70. The average molecular weight is 228 g/mol. The van der Waals surface area contributed by atoms with Gasteiger partial charge in [-0.05, 0) is 43.3 Å². The molecule has 0 bridgehead atoms. The van der Waals surface area contributed by atoms with Gasteiger partial charge in [0.2, 0.25) is 0 Å². The Kier molecular flexibility index (Phi) is 3.10. The van der Waals surface area contributed by atoms with Crippen molar-refractivity contribution in [3.63, 3.8) is 0 Å². The molecule has 0 heterocycles. The van der Waals surface area contributed by atoms with Crippen LogP contribution in [0.2, 0.25) is 0 Å². The van der Waals surface area contributed by atoms with Crippen molar-refractivity contribution < 1.29 is 14.6 Å². The van der Waals surface area contributed by atoms with Crippen molar-refractivity contribution >= 4 is 5.97 Å². The second-order valence-corrected chi connectivity index (χ2v) is 3.75. The van der Waals surface area contributed by atoms with Crippen molar-refractivity contribution in [3.05, 3.63) is 59.7 Å². The van der Waals surface area contributed by atoms with Crippen molar-refractivity contribution in [2.75, 3.05) is 0 Å². The van der Waals surface area contributed by atoms with E-state index in [-0.39, 0.29) is 5.75 Å². The number of phenols is 1. The molecular weight excluding hydrogens is 216 g/mol. The minimum Gasteiger partial charge on any atom is -0.508 e. The zero-order valence-corrected chi connectivity index (χ0v) is 9.38. The van der Waals surface area contributed by atoms with Gasteiger partial charge in [0.1, 0.15) is 11.5 Å². The van der Waals surface area contributed by atoms with Crippen LogP contribution in [0.3, 0.4) is 0 Å². The molecule has 0 aromatic heterocycles. The highest BCUT2D eigenvalue weighted by atomic mass is 16.5. The fourth-order valence-electron chi connectivity index (χ4n) is 1.37. The zero-order chi connectivity index (χ0) is 12.3. The number of esters is 1. The van der Waals surface area contributed by atoms with E-state index in [2.05, 4.69) is 0 Å². The lowest BCUT2D eigenvalue weighted by Crippen LogP contribution is -2.07. The van der Waals surface area contributed by atoms with Gasteiger partial charge in [0.05, 0.1) is 5.56 Å². The second-order valence-electron chi connectivity index (χ2n) is 3.75. The molecule has 0 aliphatic rings. The van der Waals surface area contributed by atoms with Gasteiger partial charge < -0.3 is 9.84 Å². The molecule has 17 heavy (non-hydrogen) atoms. The third-order valence-electron chi connectivity index (χ3n) is 2.33.